The standard InChI is InChI=1S/C6H8N2.3C6H7N.5CH4/c1-5-3-2-4-6(7)8-5;1-6-2-4-7-5-3-6;1-6-3-2-4-7-5-6;1-6-4-2-3-5-7-6;;;;;/h2-4H,1H3,(H2,7,8);3*2-5H,1H3;5*1H4. The third-order valence-electron chi connectivity index (χ3n) is 3.38. The fraction of sp³-hybridized carbons (Fsp3) is 0.310. The van der Waals surface area contributed by atoms with Crippen molar-refractivity contribution >= 4 is 5.82 Å². The minimum atomic E-state index is 0. The Kier molecular flexibility index (Phi) is 30.7. The van der Waals surface area contributed by atoms with Crippen molar-refractivity contribution < 1.29 is 0 Å². The lowest BCUT2D eigenvalue weighted by Crippen LogP contribution is -1.89. The minimum Gasteiger partial charge on any atom is -0.384 e. The summed E-state index contributed by atoms with van der Waals surface area (Å²) in [6.45, 7) is 7.95. The van der Waals surface area contributed by atoms with Gasteiger partial charge >= 0.3 is 0 Å². The van der Waals surface area contributed by atoms with Gasteiger partial charge in [-0.3, -0.25) is 15.0 Å². The molecule has 0 atom stereocenters. The topological polar surface area (TPSA) is 77.6 Å². The van der Waals surface area contributed by atoms with Crippen molar-refractivity contribution in [2.45, 2.75) is 64.8 Å². The number of nitrogens with two attached hydrogens (primary N) is 1. The number of nitrogens with zero attached hydrogens (tertiary/aromatic N) is 4. The van der Waals surface area contributed by atoms with Crippen LogP contribution in [0.25, 0.3) is 0 Å². The Bertz CT molecular complexity index is 793. The molecular weight excluding hydrogens is 418 g/mol. The molecule has 0 bridgehead atoms. The molecule has 0 unspecified atom stereocenters. The van der Waals surface area contributed by atoms with Gasteiger partial charge in [-0.15, -0.1) is 0 Å². The molecule has 0 saturated heterocycles. The number of aryl methyl sites for hydroxylation is 4. The largest absolute Gasteiger partial charge is 0.384 e. The minimum absolute atomic E-state index is 0. The summed E-state index contributed by atoms with van der Waals surface area (Å²) in [7, 11) is 0. The Balaban J connectivity index is -0.000000105. The highest BCUT2D eigenvalue weighted by Gasteiger charge is 1.82. The second-order valence-electron chi connectivity index (χ2n) is 6.23. The Labute approximate surface area is 210 Å². The normalized spacial score (nSPS) is 7.53. The smallest absolute Gasteiger partial charge is 0.123 e. The van der Waals surface area contributed by atoms with Crippen LogP contribution in [0.2, 0.25) is 0 Å². The summed E-state index contributed by atoms with van der Waals surface area (Å²) in [5.74, 6) is 0.588. The number of rotatable bonds is 0. The zero-order valence-electron chi connectivity index (χ0n) is 17.5. The molecule has 0 aliphatic carbocycles. The number of aromatic nitrogens is 4. The van der Waals surface area contributed by atoms with E-state index >= 15 is 0 Å². The second kappa shape index (κ2) is 25.7. The molecule has 4 rings (SSSR count). The van der Waals surface area contributed by atoms with Crippen LogP contribution >= 0.6 is 0 Å². The van der Waals surface area contributed by atoms with E-state index in [1.54, 1.807) is 30.9 Å². The van der Waals surface area contributed by atoms with E-state index in [4.69, 9.17) is 5.73 Å². The lowest BCUT2D eigenvalue weighted by Gasteiger charge is -1.90. The molecule has 5 heteroatoms. The molecule has 0 aliphatic heterocycles. The number of anilines is 1. The summed E-state index contributed by atoms with van der Waals surface area (Å²) in [4.78, 5) is 15.7. The molecule has 190 valence electrons. The highest BCUT2D eigenvalue weighted by molar-refractivity contribution is 5.28. The van der Waals surface area contributed by atoms with Crippen LogP contribution in [-0.2, 0) is 0 Å². The molecule has 4 aromatic heterocycles. The van der Waals surface area contributed by atoms with Gasteiger partial charge in [-0.2, -0.15) is 0 Å². The second-order valence-corrected chi connectivity index (χ2v) is 6.23. The molecule has 5 nitrogen and oxygen atoms in total. The Morgan fingerprint density at radius 3 is 1.41 bits per heavy atom. The van der Waals surface area contributed by atoms with Crippen molar-refractivity contribution in [2.24, 2.45) is 0 Å². The van der Waals surface area contributed by atoms with E-state index in [-0.39, 0.29) is 37.1 Å². The quantitative estimate of drug-likeness (QED) is 0.281. The molecule has 0 aromatic carbocycles. The number of pyridine rings is 4. The van der Waals surface area contributed by atoms with Gasteiger partial charge in [-0.1, -0.05) is 55.3 Å². The van der Waals surface area contributed by atoms with Crippen molar-refractivity contribution in [1.29, 1.82) is 0 Å². The molecule has 4 aromatic rings. The van der Waals surface area contributed by atoms with Crippen molar-refractivity contribution in [3.63, 3.8) is 0 Å². The fourth-order valence-corrected chi connectivity index (χ4v) is 1.89. The Hall–Kier alpha value is -3.60. The third kappa shape index (κ3) is 23.1. The van der Waals surface area contributed by atoms with Gasteiger partial charge in [-0.05, 0) is 81.3 Å². The average molecular weight is 468 g/mol. The zero-order chi connectivity index (χ0) is 21.3. The Morgan fingerprint density at radius 2 is 1.15 bits per heavy atom. The Morgan fingerprint density at radius 1 is 0.529 bits per heavy atom. The van der Waals surface area contributed by atoms with Crippen molar-refractivity contribution in [3.05, 3.63) is 114 Å². The van der Waals surface area contributed by atoms with Crippen LogP contribution < -0.4 is 5.73 Å². The van der Waals surface area contributed by atoms with Crippen molar-refractivity contribution in [3.8, 4) is 0 Å². The molecule has 0 aliphatic rings. The first-order chi connectivity index (χ1) is 14.0. The SMILES string of the molecule is C.C.C.C.C.Cc1cccc(N)n1.Cc1ccccn1.Cc1cccnc1.Cc1ccncc1. The van der Waals surface area contributed by atoms with Gasteiger partial charge in [0.1, 0.15) is 5.82 Å². The average Bonchev–Trinajstić information content (AvgIpc) is 2.71. The summed E-state index contributed by atoms with van der Waals surface area (Å²) >= 11 is 0. The van der Waals surface area contributed by atoms with Crippen LogP contribution in [0.4, 0.5) is 5.82 Å². The van der Waals surface area contributed by atoms with Crippen LogP contribution in [0.1, 0.15) is 59.6 Å². The first-order valence-electron chi connectivity index (χ1n) is 9.27. The number of hydrogen-bond acceptors (Lipinski definition) is 5. The highest BCUT2D eigenvalue weighted by Crippen LogP contribution is 1.96. The summed E-state index contributed by atoms with van der Waals surface area (Å²) in [6.07, 6.45) is 8.97. The van der Waals surface area contributed by atoms with Crippen molar-refractivity contribution in [2.75, 3.05) is 5.73 Å². The van der Waals surface area contributed by atoms with Gasteiger partial charge in [0.15, 0.2) is 0 Å². The van der Waals surface area contributed by atoms with Crippen LogP contribution in [0.3, 0.4) is 0 Å². The number of hydrogen-bond donors (Lipinski definition) is 1. The van der Waals surface area contributed by atoms with E-state index in [1.807, 2.05) is 88.5 Å². The molecule has 0 fully saturated rings. The maximum absolute atomic E-state index is 5.35. The lowest BCUT2D eigenvalue weighted by atomic mass is 10.3. The van der Waals surface area contributed by atoms with Crippen LogP contribution in [0, 0.1) is 27.7 Å². The molecule has 0 radical (unpaired) electrons. The van der Waals surface area contributed by atoms with E-state index in [9.17, 15) is 0 Å². The van der Waals surface area contributed by atoms with Crippen molar-refractivity contribution in [1.82, 2.24) is 19.9 Å². The molecule has 34 heavy (non-hydrogen) atoms. The van der Waals surface area contributed by atoms with Crippen LogP contribution in [-0.4, -0.2) is 19.9 Å². The maximum Gasteiger partial charge on any atom is 0.123 e. The van der Waals surface area contributed by atoms with Gasteiger partial charge < -0.3 is 5.73 Å². The van der Waals surface area contributed by atoms with Gasteiger partial charge in [0.2, 0.25) is 0 Å². The monoisotopic (exact) mass is 467 g/mol. The van der Waals surface area contributed by atoms with E-state index in [0.29, 0.717) is 5.82 Å². The van der Waals surface area contributed by atoms with E-state index in [2.05, 4.69) is 19.9 Å². The summed E-state index contributed by atoms with van der Waals surface area (Å²) in [6, 6.07) is 19.3. The number of nitrogen functional groups attached to an aromatic ring is 1. The van der Waals surface area contributed by atoms with Gasteiger partial charge in [-0.25, -0.2) is 4.98 Å². The van der Waals surface area contributed by atoms with Crippen LogP contribution in [0.15, 0.2) is 91.6 Å². The predicted octanol–water partition coefficient (Wildman–Crippen LogP) is 8.32. The van der Waals surface area contributed by atoms with E-state index < -0.39 is 0 Å². The maximum atomic E-state index is 5.35. The summed E-state index contributed by atoms with van der Waals surface area (Å²) in [5.41, 5.74) is 9.85. The molecule has 0 saturated carbocycles. The van der Waals surface area contributed by atoms with Gasteiger partial charge in [0, 0.05) is 42.4 Å². The molecule has 0 amide bonds. The zero-order valence-corrected chi connectivity index (χ0v) is 17.5. The molecule has 4 heterocycles. The fourth-order valence-electron chi connectivity index (χ4n) is 1.89. The summed E-state index contributed by atoms with van der Waals surface area (Å²) < 4.78 is 0. The highest BCUT2D eigenvalue weighted by atomic mass is 14.8. The first kappa shape index (κ1) is 40.7. The predicted molar refractivity (Wildman–Crippen MR) is 154 cm³/mol. The van der Waals surface area contributed by atoms with E-state index in [0.717, 1.165) is 11.4 Å². The molecule has 0 spiro atoms. The van der Waals surface area contributed by atoms with Gasteiger partial charge in [0.25, 0.3) is 0 Å². The van der Waals surface area contributed by atoms with Gasteiger partial charge in [0.05, 0.1) is 0 Å². The summed E-state index contributed by atoms with van der Waals surface area (Å²) in [5, 5.41) is 0. The van der Waals surface area contributed by atoms with Crippen LogP contribution in [0.5, 0.6) is 0 Å². The van der Waals surface area contributed by atoms with E-state index in [1.165, 1.54) is 11.1 Å². The molecule has 2 N–H and O–H groups in total. The third-order valence-corrected chi connectivity index (χ3v) is 3.38. The first-order valence-corrected chi connectivity index (χ1v) is 9.27. The molecular formula is C29H49N5. The lowest BCUT2D eigenvalue weighted by molar-refractivity contribution is 1.20.